The van der Waals surface area contributed by atoms with Gasteiger partial charge in [0.05, 0.1) is 11.8 Å². The van der Waals surface area contributed by atoms with Gasteiger partial charge in [0.2, 0.25) is 0 Å². The molecule has 21 heavy (non-hydrogen) atoms. The van der Waals surface area contributed by atoms with E-state index < -0.39 is 0 Å². The summed E-state index contributed by atoms with van der Waals surface area (Å²) in [7, 11) is 0. The number of aromatic nitrogens is 1. The summed E-state index contributed by atoms with van der Waals surface area (Å²) in [6.07, 6.45) is 1.88. The highest BCUT2D eigenvalue weighted by Gasteiger charge is 2.12. The lowest BCUT2D eigenvalue weighted by molar-refractivity contribution is 0.101. The Morgan fingerprint density at radius 1 is 1.33 bits per heavy atom. The molecule has 0 radical (unpaired) electrons. The van der Waals surface area contributed by atoms with Crippen molar-refractivity contribution in [2.75, 3.05) is 11.1 Å². The third-order valence-electron chi connectivity index (χ3n) is 2.98. The molecule has 0 atom stereocenters. The molecule has 2 rings (SSSR count). The van der Waals surface area contributed by atoms with E-state index >= 15 is 0 Å². The van der Waals surface area contributed by atoms with Crippen LogP contribution in [0, 0.1) is 0 Å². The van der Waals surface area contributed by atoms with Crippen molar-refractivity contribution in [1.82, 2.24) is 4.57 Å². The van der Waals surface area contributed by atoms with E-state index in [4.69, 9.17) is 10.5 Å². The third-order valence-corrected chi connectivity index (χ3v) is 2.98. The molecule has 5 heteroatoms. The molecule has 0 bridgehead atoms. The molecule has 5 nitrogen and oxygen atoms in total. The molecule has 0 saturated heterocycles. The predicted molar refractivity (Wildman–Crippen MR) is 84.7 cm³/mol. The fourth-order valence-corrected chi connectivity index (χ4v) is 2.07. The van der Waals surface area contributed by atoms with Crippen LogP contribution in [0.15, 0.2) is 36.5 Å². The number of nitrogens with one attached hydrogen (secondary N) is 1. The topological polar surface area (TPSA) is 69.3 Å². The highest BCUT2D eigenvalue weighted by atomic mass is 16.5. The van der Waals surface area contributed by atoms with Gasteiger partial charge in [-0.1, -0.05) is 0 Å². The van der Waals surface area contributed by atoms with Gasteiger partial charge >= 0.3 is 0 Å². The second-order valence-corrected chi connectivity index (χ2v) is 5.09. The van der Waals surface area contributed by atoms with Crippen molar-refractivity contribution in [1.29, 1.82) is 0 Å². The monoisotopic (exact) mass is 287 g/mol. The first kappa shape index (κ1) is 15.0. The van der Waals surface area contributed by atoms with Gasteiger partial charge in [0.1, 0.15) is 11.4 Å². The van der Waals surface area contributed by atoms with E-state index in [1.165, 1.54) is 0 Å². The van der Waals surface area contributed by atoms with Crippen LogP contribution in [0.25, 0.3) is 0 Å². The number of nitrogens with two attached hydrogens (primary N) is 1. The number of carbonyl (C=O) groups is 1. The summed E-state index contributed by atoms with van der Waals surface area (Å²) in [5, 5.41) is 2.86. The fourth-order valence-electron chi connectivity index (χ4n) is 2.07. The molecule has 0 unspecified atom stereocenters. The molecule has 1 amide bonds. The van der Waals surface area contributed by atoms with Crippen LogP contribution in [0.5, 0.6) is 5.75 Å². The van der Waals surface area contributed by atoms with Crippen molar-refractivity contribution < 1.29 is 9.53 Å². The first-order chi connectivity index (χ1) is 9.99. The highest BCUT2D eigenvalue weighted by Crippen LogP contribution is 2.18. The molecule has 0 aliphatic rings. The van der Waals surface area contributed by atoms with Crippen LogP contribution in [0.2, 0.25) is 0 Å². The first-order valence-electron chi connectivity index (χ1n) is 7.03. The summed E-state index contributed by atoms with van der Waals surface area (Å²) in [5.41, 5.74) is 7.59. The Morgan fingerprint density at radius 3 is 2.57 bits per heavy atom. The van der Waals surface area contributed by atoms with Gasteiger partial charge in [-0.2, -0.15) is 0 Å². The van der Waals surface area contributed by atoms with Gasteiger partial charge < -0.3 is 20.4 Å². The number of amides is 1. The zero-order chi connectivity index (χ0) is 15.4. The van der Waals surface area contributed by atoms with Gasteiger partial charge in [-0.15, -0.1) is 0 Å². The maximum Gasteiger partial charge on any atom is 0.272 e. The van der Waals surface area contributed by atoms with Crippen molar-refractivity contribution in [3.63, 3.8) is 0 Å². The van der Waals surface area contributed by atoms with Crippen LogP contribution in [0.3, 0.4) is 0 Å². The number of aryl methyl sites for hydroxylation is 1. The maximum atomic E-state index is 12.3. The summed E-state index contributed by atoms with van der Waals surface area (Å²) in [6, 6.07) is 8.98. The first-order valence-corrected chi connectivity index (χ1v) is 7.03. The smallest absolute Gasteiger partial charge is 0.272 e. The maximum absolute atomic E-state index is 12.3. The highest BCUT2D eigenvalue weighted by molar-refractivity contribution is 6.03. The second-order valence-electron chi connectivity index (χ2n) is 5.09. The van der Waals surface area contributed by atoms with Gasteiger partial charge in [-0.3, -0.25) is 4.79 Å². The van der Waals surface area contributed by atoms with Crippen molar-refractivity contribution in [3.8, 4) is 5.75 Å². The molecule has 112 valence electrons. The number of benzene rings is 1. The van der Waals surface area contributed by atoms with E-state index in [1.54, 1.807) is 12.3 Å². The number of ether oxygens (including phenoxy) is 1. The van der Waals surface area contributed by atoms with Crippen LogP contribution in [-0.4, -0.2) is 16.6 Å². The minimum absolute atomic E-state index is 0.126. The Morgan fingerprint density at radius 2 is 2.00 bits per heavy atom. The third kappa shape index (κ3) is 3.78. The number of nitrogen functional groups attached to an aromatic ring is 1. The summed E-state index contributed by atoms with van der Waals surface area (Å²) >= 11 is 0. The van der Waals surface area contributed by atoms with Gasteiger partial charge in [-0.05, 0) is 51.1 Å². The van der Waals surface area contributed by atoms with E-state index in [0.717, 1.165) is 11.4 Å². The Hall–Kier alpha value is -2.43. The quantitative estimate of drug-likeness (QED) is 0.887. The summed E-state index contributed by atoms with van der Waals surface area (Å²) < 4.78 is 7.39. The Labute approximate surface area is 124 Å². The van der Waals surface area contributed by atoms with Gasteiger partial charge in [0, 0.05) is 18.4 Å². The molecule has 1 aromatic carbocycles. The minimum atomic E-state index is -0.175. The number of hydrogen-bond donors (Lipinski definition) is 2. The van der Waals surface area contributed by atoms with Crippen LogP contribution in [0.1, 0.15) is 31.3 Å². The average Bonchev–Trinajstić information content (AvgIpc) is 2.82. The molecular formula is C16H21N3O2. The standard InChI is InChI=1S/C16H21N3O2/c1-4-19-10-12(17)9-15(19)16(20)18-13-5-7-14(8-6-13)21-11(2)3/h5-11H,4,17H2,1-3H3,(H,18,20). The average molecular weight is 287 g/mol. The zero-order valence-corrected chi connectivity index (χ0v) is 12.6. The Bertz CT molecular complexity index is 615. The van der Waals surface area contributed by atoms with E-state index in [0.29, 0.717) is 17.9 Å². The second kappa shape index (κ2) is 6.35. The normalized spacial score (nSPS) is 10.7. The largest absolute Gasteiger partial charge is 0.491 e. The van der Waals surface area contributed by atoms with Crippen LogP contribution in [0.4, 0.5) is 11.4 Å². The van der Waals surface area contributed by atoms with Crippen molar-refractivity contribution in [2.24, 2.45) is 0 Å². The molecule has 0 aliphatic heterocycles. The lowest BCUT2D eigenvalue weighted by Crippen LogP contribution is -2.16. The molecule has 0 saturated carbocycles. The SMILES string of the molecule is CCn1cc(N)cc1C(=O)Nc1ccc(OC(C)C)cc1. The van der Waals surface area contributed by atoms with Gasteiger partial charge in [-0.25, -0.2) is 0 Å². The molecule has 1 aromatic heterocycles. The molecule has 1 heterocycles. The number of anilines is 2. The summed E-state index contributed by atoms with van der Waals surface area (Å²) in [4.78, 5) is 12.3. The molecule has 0 fully saturated rings. The molecule has 2 aromatic rings. The molecule has 0 aliphatic carbocycles. The Balaban J connectivity index is 2.08. The molecule has 0 spiro atoms. The van der Waals surface area contributed by atoms with E-state index in [1.807, 2.05) is 49.6 Å². The lowest BCUT2D eigenvalue weighted by Gasteiger charge is -2.11. The number of carbonyl (C=O) groups excluding carboxylic acids is 1. The predicted octanol–water partition coefficient (Wildman–Crippen LogP) is 3.13. The van der Waals surface area contributed by atoms with Crippen molar-refractivity contribution in [3.05, 3.63) is 42.2 Å². The lowest BCUT2D eigenvalue weighted by atomic mass is 10.3. The van der Waals surface area contributed by atoms with Crippen LogP contribution < -0.4 is 15.8 Å². The number of hydrogen-bond acceptors (Lipinski definition) is 3. The van der Waals surface area contributed by atoms with Crippen molar-refractivity contribution in [2.45, 2.75) is 33.4 Å². The zero-order valence-electron chi connectivity index (χ0n) is 12.6. The van der Waals surface area contributed by atoms with E-state index in [2.05, 4.69) is 5.32 Å². The summed E-state index contributed by atoms with van der Waals surface area (Å²) in [5.74, 6) is 0.607. The molecule has 3 N–H and O–H groups in total. The van der Waals surface area contributed by atoms with Gasteiger partial charge in [0.15, 0.2) is 0 Å². The summed E-state index contributed by atoms with van der Waals surface area (Å²) in [6.45, 7) is 6.60. The minimum Gasteiger partial charge on any atom is -0.491 e. The number of rotatable bonds is 5. The van der Waals surface area contributed by atoms with Gasteiger partial charge in [0.25, 0.3) is 5.91 Å². The van der Waals surface area contributed by atoms with E-state index in [9.17, 15) is 4.79 Å². The Kier molecular flexibility index (Phi) is 4.52. The number of nitrogens with zero attached hydrogens (tertiary/aromatic N) is 1. The van der Waals surface area contributed by atoms with Crippen LogP contribution >= 0.6 is 0 Å². The fraction of sp³-hybridized carbons (Fsp3) is 0.312. The van der Waals surface area contributed by atoms with Crippen molar-refractivity contribution >= 4 is 17.3 Å². The molecular weight excluding hydrogens is 266 g/mol. The van der Waals surface area contributed by atoms with Crippen LogP contribution in [-0.2, 0) is 6.54 Å². The van der Waals surface area contributed by atoms with E-state index in [-0.39, 0.29) is 12.0 Å².